The molecule has 0 bridgehead atoms. The SMILES string of the molecule is COc1cccc(CNc2ccc([SH](=O)=O)cc2)c1O. The molecule has 0 unspecified atom stereocenters. The van der Waals surface area contributed by atoms with E-state index in [0.717, 1.165) is 5.69 Å². The molecule has 5 nitrogen and oxygen atoms in total. The summed E-state index contributed by atoms with van der Waals surface area (Å²) in [7, 11) is -1.06. The van der Waals surface area contributed by atoms with Crippen LogP contribution < -0.4 is 10.1 Å². The van der Waals surface area contributed by atoms with Crippen LogP contribution in [0.5, 0.6) is 11.5 Å². The van der Waals surface area contributed by atoms with E-state index < -0.39 is 10.7 Å². The van der Waals surface area contributed by atoms with Crippen LogP contribution in [0.1, 0.15) is 5.56 Å². The zero-order valence-corrected chi connectivity index (χ0v) is 11.8. The second-order valence-corrected chi connectivity index (χ2v) is 5.16. The highest BCUT2D eigenvalue weighted by atomic mass is 32.2. The zero-order chi connectivity index (χ0) is 14.5. The van der Waals surface area contributed by atoms with Crippen LogP contribution in [0.25, 0.3) is 0 Å². The Morgan fingerprint density at radius 3 is 2.45 bits per heavy atom. The van der Waals surface area contributed by atoms with Crippen molar-refractivity contribution < 1.29 is 18.3 Å². The van der Waals surface area contributed by atoms with Gasteiger partial charge in [0, 0.05) is 17.8 Å². The molecule has 0 fully saturated rings. The normalized spacial score (nSPS) is 10.5. The highest BCUT2D eigenvalue weighted by Gasteiger charge is 2.06. The van der Waals surface area contributed by atoms with Crippen molar-refractivity contribution in [1.82, 2.24) is 0 Å². The molecule has 0 radical (unpaired) electrons. The number of para-hydroxylation sites is 1. The van der Waals surface area contributed by atoms with Crippen LogP contribution >= 0.6 is 0 Å². The van der Waals surface area contributed by atoms with Gasteiger partial charge in [-0.25, -0.2) is 8.42 Å². The minimum atomic E-state index is -2.56. The van der Waals surface area contributed by atoms with Crippen molar-refractivity contribution in [3.63, 3.8) is 0 Å². The Morgan fingerprint density at radius 2 is 1.85 bits per heavy atom. The molecule has 106 valence electrons. The molecule has 0 aliphatic carbocycles. The van der Waals surface area contributed by atoms with E-state index in [2.05, 4.69) is 5.32 Å². The van der Waals surface area contributed by atoms with Crippen LogP contribution in [-0.2, 0) is 17.2 Å². The maximum absolute atomic E-state index is 10.8. The molecule has 20 heavy (non-hydrogen) atoms. The number of rotatable bonds is 5. The number of anilines is 1. The third-order valence-corrected chi connectivity index (χ3v) is 3.58. The van der Waals surface area contributed by atoms with Gasteiger partial charge in [0.15, 0.2) is 22.2 Å². The second-order valence-electron chi connectivity index (χ2n) is 4.13. The Morgan fingerprint density at radius 1 is 1.15 bits per heavy atom. The largest absolute Gasteiger partial charge is 0.504 e. The minimum absolute atomic E-state index is 0.0988. The standard InChI is InChI=1S/C14H15NO4S/c1-19-13-4-2-3-10(14(13)16)9-15-11-5-7-12(8-6-11)20(17)18/h2-8,15-16,20H,9H2,1H3. The molecule has 6 heteroatoms. The lowest BCUT2D eigenvalue weighted by molar-refractivity contribution is 0.371. The van der Waals surface area contributed by atoms with Crippen molar-refractivity contribution in [3.05, 3.63) is 48.0 Å². The van der Waals surface area contributed by atoms with E-state index in [1.165, 1.54) is 19.2 Å². The number of hydrogen-bond donors (Lipinski definition) is 3. The molecule has 0 heterocycles. The monoisotopic (exact) mass is 293 g/mol. The number of phenols is 1. The molecule has 0 saturated heterocycles. The number of benzene rings is 2. The van der Waals surface area contributed by atoms with E-state index in [-0.39, 0.29) is 10.6 Å². The summed E-state index contributed by atoms with van der Waals surface area (Å²) in [4.78, 5) is 0.273. The Balaban J connectivity index is 2.09. The van der Waals surface area contributed by atoms with Gasteiger partial charge in [-0.3, -0.25) is 0 Å². The third kappa shape index (κ3) is 3.21. The first-order chi connectivity index (χ1) is 9.61. The fraction of sp³-hybridized carbons (Fsp3) is 0.143. The molecule has 2 N–H and O–H groups in total. The first-order valence-corrected chi connectivity index (χ1v) is 7.12. The zero-order valence-electron chi connectivity index (χ0n) is 10.9. The summed E-state index contributed by atoms with van der Waals surface area (Å²) < 4.78 is 26.6. The lowest BCUT2D eigenvalue weighted by Crippen LogP contribution is -2.00. The highest BCUT2D eigenvalue weighted by Crippen LogP contribution is 2.29. The number of methoxy groups -OCH3 is 1. The van der Waals surface area contributed by atoms with Gasteiger partial charge in [0.25, 0.3) is 0 Å². The number of phenolic OH excluding ortho intramolecular Hbond substituents is 1. The van der Waals surface area contributed by atoms with E-state index >= 15 is 0 Å². The van der Waals surface area contributed by atoms with Gasteiger partial charge in [-0.2, -0.15) is 0 Å². The van der Waals surface area contributed by atoms with Crippen molar-refractivity contribution >= 4 is 16.4 Å². The third-order valence-electron chi connectivity index (χ3n) is 2.86. The van der Waals surface area contributed by atoms with E-state index in [1.807, 2.05) is 0 Å². The average molecular weight is 293 g/mol. The summed E-state index contributed by atoms with van der Waals surface area (Å²) in [5.74, 6) is 0.518. The Bertz CT molecular complexity index is 657. The smallest absolute Gasteiger partial charge is 0.168 e. The molecule has 2 aromatic rings. The van der Waals surface area contributed by atoms with Gasteiger partial charge < -0.3 is 15.2 Å². The van der Waals surface area contributed by atoms with Crippen molar-refractivity contribution in [2.75, 3.05) is 12.4 Å². The second kappa shape index (κ2) is 6.29. The van der Waals surface area contributed by atoms with Crippen molar-refractivity contribution in [2.45, 2.75) is 11.4 Å². The molecule has 0 spiro atoms. The molecule has 2 rings (SSSR count). The number of aromatic hydroxyl groups is 1. The van der Waals surface area contributed by atoms with Crippen LogP contribution in [0, 0.1) is 0 Å². The molecule has 0 aliphatic heterocycles. The van der Waals surface area contributed by atoms with Crippen molar-refractivity contribution in [3.8, 4) is 11.5 Å². The van der Waals surface area contributed by atoms with Gasteiger partial charge in [0.05, 0.1) is 12.0 Å². The number of ether oxygens (including phenoxy) is 1. The molecular weight excluding hydrogens is 278 g/mol. The van der Waals surface area contributed by atoms with Crippen LogP contribution in [0.4, 0.5) is 5.69 Å². The maximum atomic E-state index is 10.8. The lowest BCUT2D eigenvalue weighted by Gasteiger charge is -2.10. The Labute approximate surface area is 118 Å². The van der Waals surface area contributed by atoms with Gasteiger partial charge in [-0.05, 0) is 30.3 Å². The van der Waals surface area contributed by atoms with Crippen LogP contribution in [0.15, 0.2) is 47.4 Å². The summed E-state index contributed by atoms with van der Waals surface area (Å²) >= 11 is 0. The van der Waals surface area contributed by atoms with Crippen molar-refractivity contribution in [1.29, 1.82) is 0 Å². The predicted molar refractivity (Wildman–Crippen MR) is 77.0 cm³/mol. The van der Waals surface area contributed by atoms with Crippen molar-refractivity contribution in [2.24, 2.45) is 0 Å². The van der Waals surface area contributed by atoms with Gasteiger partial charge in [0.2, 0.25) is 0 Å². The molecule has 0 aromatic heterocycles. The fourth-order valence-corrected chi connectivity index (χ4v) is 2.17. The van der Waals surface area contributed by atoms with E-state index in [0.29, 0.717) is 17.9 Å². The first kappa shape index (κ1) is 14.2. The van der Waals surface area contributed by atoms with Crippen LogP contribution in [0.2, 0.25) is 0 Å². The molecule has 0 aliphatic rings. The summed E-state index contributed by atoms with van der Waals surface area (Å²) in [6, 6.07) is 11.7. The van der Waals surface area contributed by atoms with Crippen LogP contribution in [-0.4, -0.2) is 20.6 Å². The molecule has 0 amide bonds. The molecule has 0 saturated carbocycles. The number of nitrogens with one attached hydrogen (secondary N) is 1. The Kier molecular flexibility index (Phi) is 4.47. The number of hydrogen-bond acceptors (Lipinski definition) is 5. The van der Waals surface area contributed by atoms with E-state index in [1.54, 1.807) is 30.3 Å². The summed E-state index contributed by atoms with van der Waals surface area (Å²) in [6.07, 6.45) is 0. The topological polar surface area (TPSA) is 75.6 Å². The molecule has 0 atom stereocenters. The van der Waals surface area contributed by atoms with E-state index in [9.17, 15) is 13.5 Å². The quantitative estimate of drug-likeness (QED) is 0.735. The van der Waals surface area contributed by atoms with Gasteiger partial charge in [-0.1, -0.05) is 12.1 Å². The van der Waals surface area contributed by atoms with Gasteiger partial charge in [0.1, 0.15) is 0 Å². The summed E-state index contributed by atoms with van der Waals surface area (Å²) in [5, 5.41) is 13.0. The van der Waals surface area contributed by atoms with Gasteiger partial charge in [-0.15, -0.1) is 0 Å². The summed E-state index contributed by atoms with van der Waals surface area (Å²) in [5.41, 5.74) is 1.47. The number of thiol groups is 1. The molecular formula is C14H15NO4S. The molecule has 2 aromatic carbocycles. The summed E-state index contributed by atoms with van der Waals surface area (Å²) in [6.45, 7) is 0.409. The minimum Gasteiger partial charge on any atom is -0.504 e. The van der Waals surface area contributed by atoms with Gasteiger partial charge >= 0.3 is 0 Å². The highest BCUT2D eigenvalue weighted by molar-refractivity contribution is 7.72. The first-order valence-electron chi connectivity index (χ1n) is 5.95. The van der Waals surface area contributed by atoms with E-state index in [4.69, 9.17) is 4.74 Å². The maximum Gasteiger partial charge on any atom is 0.168 e. The Hall–Kier alpha value is -2.21. The van der Waals surface area contributed by atoms with Crippen LogP contribution in [0.3, 0.4) is 0 Å². The predicted octanol–water partition coefficient (Wildman–Crippen LogP) is 1.98. The fourth-order valence-electron chi connectivity index (χ4n) is 1.77. The lowest BCUT2D eigenvalue weighted by atomic mass is 10.2. The average Bonchev–Trinajstić information content (AvgIpc) is 2.46.